The predicted molar refractivity (Wildman–Crippen MR) is 169 cm³/mol. The fraction of sp³-hybridized carbons (Fsp3) is 0.314. The number of piperidine rings is 2. The van der Waals surface area contributed by atoms with E-state index in [9.17, 15) is 14.0 Å². The molecule has 2 N–H and O–H groups in total. The summed E-state index contributed by atoms with van der Waals surface area (Å²) in [6.07, 6.45) is 8.67. The molecular formula is C35H37FN6O2. The first-order valence-corrected chi connectivity index (χ1v) is 15.3. The Balaban J connectivity index is 0.941. The van der Waals surface area contributed by atoms with Crippen LogP contribution in [0.2, 0.25) is 0 Å². The van der Waals surface area contributed by atoms with E-state index in [0.29, 0.717) is 22.3 Å². The van der Waals surface area contributed by atoms with Crippen LogP contribution < -0.4 is 15.5 Å². The largest absolute Gasteiger partial charge is 0.356 e. The molecule has 2 fully saturated rings. The topological polar surface area (TPSA) is 90.5 Å². The van der Waals surface area contributed by atoms with Crippen LogP contribution in [0.15, 0.2) is 91.4 Å². The van der Waals surface area contributed by atoms with E-state index >= 15 is 0 Å². The van der Waals surface area contributed by atoms with E-state index in [1.54, 1.807) is 30.6 Å². The molecule has 2 aliphatic heterocycles. The van der Waals surface area contributed by atoms with Crippen LogP contribution in [0.25, 0.3) is 11.1 Å². The molecule has 2 amide bonds. The summed E-state index contributed by atoms with van der Waals surface area (Å²) in [4.78, 5) is 38.9. The zero-order valence-electron chi connectivity index (χ0n) is 24.7. The Morgan fingerprint density at radius 1 is 0.773 bits per heavy atom. The minimum absolute atomic E-state index is 0.0126. The third kappa shape index (κ3) is 7.29. The third-order valence-electron chi connectivity index (χ3n) is 8.55. The van der Waals surface area contributed by atoms with Crippen molar-refractivity contribution in [3.05, 3.63) is 114 Å². The van der Waals surface area contributed by atoms with Crippen LogP contribution in [0.3, 0.4) is 0 Å². The number of pyridine rings is 2. The van der Waals surface area contributed by atoms with Gasteiger partial charge in [0.2, 0.25) is 0 Å². The number of benzene rings is 2. The molecule has 2 aromatic carbocycles. The van der Waals surface area contributed by atoms with Gasteiger partial charge in [0.1, 0.15) is 11.6 Å². The van der Waals surface area contributed by atoms with E-state index in [1.807, 2.05) is 36.5 Å². The minimum atomic E-state index is -0.363. The van der Waals surface area contributed by atoms with Crippen molar-refractivity contribution in [2.24, 2.45) is 0 Å². The second-order valence-electron chi connectivity index (χ2n) is 11.6. The maximum absolute atomic E-state index is 14.4. The van der Waals surface area contributed by atoms with Gasteiger partial charge < -0.3 is 15.5 Å². The molecule has 0 radical (unpaired) electrons. The summed E-state index contributed by atoms with van der Waals surface area (Å²) in [5.41, 5.74) is 3.40. The highest BCUT2D eigenvalue weighted by Crippen LogP contribution is 2.24. The molecule has 0 unspecified atom stereocenters. The van der Waals surface area contributed by atoms with Crippen molar-refractivity contribution in [3.63, 3.8) is 0 Å². The van der Waals surface area contributed by atoms with E-state index in [-0.39, 0.29) is 29.7 Å². The number of halogens is 1. The van der Waals surface area contributed by atoms with Gasteiger partial charge in [-0.1, -0.05) is 24.3 Å². The Hall–Kier alpha value is -4.63. The first-order valence-electron chi connectivity index (χ1n) is 15.3. The number of carbonyl (C=O) groups excluding carboxylic acids is 2. The zero-order valence-corrected chi connectivity index (χ0v) is 24.7. The minimum Gasteiger partial charge on any atom is -0.356 e. The lowest BCUT2D eigenvalue weighted by Crippen LogP contribution is -2.45. The number of aromatic nitrogens is 2. The molecule has 2 aliphatic rings. The van der Waals surface area contributed by atoms with Crippen molar-refractivity contribution < 1.29 is 14.0 Å². The van der Waals surface area contributed by atoms with Crippen LogP contribution in [0.5, 0.6) is 0 Å². The smallest absolute Gasteiger partial charge is 0.251 e. The molecule has 8 nitrogen and oxygen atoms in total. The van der Waals surface area contributed by atoms with Crippen molar-refractivity contribution in [2.45, 2.75) is 44.3 Å². The number of rotatable bonds is 8. The Morgan fingerprint density at radius 2 is 1.43 bits per heavy atom. The molecule has 0 spiro atoms. The quantitative estimate of drug-likeness (QED) is 0.297. The molecule has 0 aliphatic carbocycles. The predicted octanol–water partition coefficient (Wildman–Crippen LogP) is 5.08. The van der Waals surface area contributed by atoms with E-state index in [0.717, 1.165) is 69.8 Å². The fourth-order valence-electron chi connectivity index (χ4n) is 5.99. The van der Waals surface area contributed by atoms with Gasteiger partial charge in [0.05, 0.1) is 0 Å². The summed E-state index contributed by atoms with van der Waals surface area (Å²) in [5.74, 6) is 0.413. The Morgan fingerprint density at radius 3 is 2.09 bits per heavy atom. The summed E-state index contributed by atoms with van der Waals surface area (Å²) in [6, 6.07) is 21.8. The number of nitrogens with one attached hydrogen (secondary N) is 2. The van der Waals surface area contributed by atoms with Crippen LogP contribution >= 0.6 is 0 Å². The van der Waals surface area contributed by atoms with Gasteiger partial charge in [-0.05, 0) is 85.3 Å². The maximum atomic E-state index is 14.4. The number of likely N-dealkylation sites (tertiary alicyclic amines) is 1. The number of anilines is 1. The molecule has 226 valence electrons. The van der Waals surface area contributed by atoms with Gasteiger partial charge in [0.25, 0.3) is 11.8 Å². The summed E-state index contributed by atoms with van der Waals surface area (Å²) in [5, 5.41) is 6.31. The van der Waals surface area contributed by atoms with Gasteiger partial charge in [-0.2, -0.15) is 0 Å². The first kappa shape index (κ1) is 29.4. The number of hydrogen-bond acceptors (Lipinski definition) is 6. The normalized spacial score (nSPS) is 16.4. The lowest BCUT2D eigenvalue weighted by Gasteiger charge is -2.34. The third-order valence-corrected chi connectivity index (χ3v) is 8.55. The van der Waals surface area contributed by atoms with Crippen LogP contribution in [0.4, 0.5) is 10.2 Å². The van der Waals surface area contributed by atoms with Crippen LogP contribution in [-0.2, 0) is 6.54 Å². The van der Waals surface area contributed by atoms with Crippen molar-refractivity contribution >= 4 is 17.6 Å². The van der Waals surface area contributed by atoms with Crippen molar-refractivity contribution in [1.82, 2.24) is 25.5 Å². The summed E-state index contributed by atoms with van der Waals surface area (Å²) in [6.45, 7) is 4.28. The van der Waals surface area contributed by atoms with Gasteiger partial charge in [-0.3, -0.25) is 19.5 Å². The van der Waals surface area contributed by atoms with E-state index in [1.165, 1.54) is 12.1 Å². The number of nitrogens with zero attached hydrogens (tertiary/aromatic N) is 4. The first-order chi connectivity index (χ1) is 21.5. The van der Waals surface area contributed by atoms with Gasteiger partial charge >= 0.3 is 0 Å². The molecular weight excluding hydrogens is 555 g/mol. The van der Waals surface area contributed by atoms with Crippen LogP contribution in [0.1, 0.15) is 52.0 Å². The van der Waals surface area contributed by atoms with E-state index in [4.69, 9.17) is 4.98 Å². The molecule has 2 saturated heterocycles. The lowest BCUT2D eigenvalue weighted by molar-refractivity contribution is 0.0906. The number of hydrogen-bond donors (Lipinski definition) is 2. The summed E-state index contributed by atoms with van der Waals surface area (Å²) < 4.78 is 14.4. The molecule has 4 aromatic rings. The van der Waals surface area contributed by atoms with E-state index < -0.39 is 0 Å². The number of carbonyl (C=O) groups is 2. The molecule has 6 rings (SSSR count). The monoisotopic (exact) mass is 592 g/mol. The van der Waals surface area contributed by atoms with E-state index in [2.05, 4.69) is 37.6 Å². The molecule has 44 heavy (non-hydrogen) atoms. The highest BCUT2D eigenvalue weighted by Gasteiger charge is 2.24. The highest BCUT2D eigenvalue weighted by molar-refractivity contribution is 5.96. The standard InChI is InChI=1S/C35H37FN6O2/c36-32-8-7-28(22-31(32)26-10-16-37-17-11-26)35(44)40-29-12-18-41(19-13-29)24-25-6-9-33(38-23-25)42-20-14-30(15-21-42)39-34(43)27-4-2-1-3-5-27/h1-11,16-17,22-23,29-30H,12-15,18-21,24H2,(H,39,43)(H,40,44). The molecule has 9 heteroatoms. The lowest BCUT2D eigenvalue weighted by atomic mass is 10.0. The maximum Gasteiger partial charge on any atom is 0.251 e. The van der Waals surface area contributed by atoms with Gasteiger partial charge in [-0.25, -0.2) is 9.37 Å². The van der Waals surface area contributed by atoms with Gasteiger partial charge in [-0.15, -0.1) is 0 Å². The molecule has 0 atom stereocenters. The average Bonchev–Trinajstić information content (AvgIpc) is 3.07. The van der Waals surface area contributed by atoms with Crippen molar-refractivity contribution in [2.75, 3.05) is 31.1 Å². The van der Waals surface area contributed by atoms with Crippen LogP contribution in [0, 0.1) is 5.82 Å². The Kier molecular flexibility index (Phi) is 9.22. The zero-order chi connectivity index (χ0) is 30.3. The average molecular weight is 593 g/mol. The van der Waals surface area contributed by atoms with Gasteiger partial charge in [0.15, 0.2) is 0 Å². The number of amides is 2. The van der Waals surface area contributed by atoms with Gasteiger partial charge in [0, 0.05) is 80.1 Å². The second-order valence-corrected chi connectivity index (χ2v) is 11.6. The fourth-order valence-corrected chi connectivity index (χ4v) is 5.99. The molecule has 0 bridgehead atoms. The SMILES string of the molecule is O=C(NC1CCN(Cc2ccc(N3CCC(NC(=O)c4ccccc4)CC3)nc2)CC1)c1ccc(F)c(-c2ccncc2)c1. The molecule has 4 heterocycles. The van der Waals surface area contributed by atoms with Crippen molar-refractivity contribution in [1.29, 1.82) is 0 Å². The Bertz CT molecular complexity index is 1550. The Labute approximate surface area is 257 Å². The highest BCUT2D eigenvalue weighted by atomic mass is 19.1. The molecule has 2 aromatic heterocycles. The second kappa shape index (κ2) is 13.8. The summed E-state index contributed by atoms with van der Waals surface area (Å²) in [7, 11) is 0. The van der Waals surface area contributed by atoms with Crippen molar-refractivity contribution in [3.8, 4) is 11.1 Å². The summed E-state index contributed by atoms with van der Waals surface area (Å²) >= 11 is 0. The van der Waals surface area contributed by atoms with Crippen LogP contribution in [-0.4, -0.2) is 64.9 Å². The molecule has 0 saturated carbocycles.